The summed E-state index contributed by atoms with van der Waals surface area (Å²) in [6.07, 6.45) is -4.57. The summed E-state index contributed by atoms with van der Waals surface area (Å²) in [5.41, 5.74) is -0.358. The van der Waals surface area contributed by atoms with E-state index in [2.05, 4.69) is 31.9 Å². The largest absolute Gasteiger partial charge is 0.460 e. The number of allylic oxidation sites excluding steroid dienone is 3. The molecule has 0 amide bonds. The van der Waals surface area contributed by atoms with Crippen LogP contribution < -0.4 is 0 Å². The first-order valence-electron chi connectivity index (χ1n) is 7.14. The van der Waals surface area contributed by atoms with Gasteiger partial charge in [-0.15, -0.1) is 0 Å². The van der Waals surface area contributed by atoms with Crippen molar-refractivity contribution in [2.75, 3.05) is 0 Å². The van der Waals surface area contributed by atoms with Gasteiger partial charge < -0.3 is 0 Å². The molecule has 0 N–H and O–H groups in total. The van der Waals surface area contributed by atoms with Crippen molar-refractivity contribution in [3.05, 3.63) is 61.5 Å². The smallest absolute Gasteiger partial charge is 0.258 e. The third-order valence-corrected chi connectivity index (χ3v) is 6.04. The maximum absolute atomic E-state index is 13.8. The minimum Gasteiger partial charge on any atom is -0.258 e. The number of rotatable bonds is 5. The number of para-hydroxylation sites is 1. The summed E-state index contributed by atoms with van der Waals surface area (Å²) in [7, 11) is 0. The van der Waals surface area contributed by atoms with Gasteiger partial charge in [0.25, 0.3) is 5.69 Å². The standard InChI is InChI=1S/C15H8Br2F7NO2S/c16-8-5-9(28-15(23,24)13(18,19)14(20,21)22)7-12(17,6-8)10-3-1-2-4-11(10)25(26)27/h1-5,7H,6H2. The molecule has 0 spiro atoms. The second kappa shape index (κ2) is 7.63. The molecule has 13 heteroatoms. The van der Waals surface area contributed by atoms with Crippen molar-refractivity contribution in [1.29, 1.82) is 0 Å². The van der Waals surface area contributed by atoms with Gasteiger partial charge in [0.1, 0.15) is 0 Å². The van der Waals surface area contributed by atoms with Gasteiger partial charge >= 0.3 is 17.4 Å². The molecule has 1 aromatic rings. The van der Waals surface area contributed by atoms with E-state index in [-0.39, 0.29) is 22.2 Å². The number of nitrogens with zero attached hydrogens (tertiary/aromatic N) is 1. The summed E-state index contributed by atoms with van der Waals surface area (Å²) in [5.74, 6) is -6.28. The van der Waals surface area contributed by atoms with Crippen LogP contribution in [-0.2, 0) is 4.32 Å². The van der Waals surface area contributed by atoms with E-state index < -0.39 is 43.3 Å². The quantitative estimate of drug-likeness (QED) is 0.165. The van der Waals surface area contributed by atoms with Crippen LogP contribution in [0.15, 0.2) is 45.8 Å². The molecule has 0 aliphatic heterocycles. The Kier molecular flexibility index (Phi) is 6.33. The minimum absolute atomic E-state index is 0.0223. The first-order chi connectivity index (χ1) is 12.6. The second-order valence-corrected chi connectivity index (χ2v) is 9.26. The lowest BCUT2D eigenvalue weighted by atomic mass is 9.91. The van der Waals surface area contributed by atoms with Crippen molar-refractivity contribution in [1.82, 2.24) is 0 Å². The number of hydrogen-bond acceptors (Lipinski definition) is 3. The van der Waals surface area contributed by atoms with Crippen LogP contribution in [0.5, 0.6) is 0 Å². The summed E-state index contributed by atoms with van der Waals surface area (Å²) in [6, 6.07) is 5.27. The monoisotopic (exact) mass is 557 g/mol. The molecule has 1 unspecified atom stereocenters. The van der Waals surface area contributed by atoms with E-state index in [9.17, 15) is 40.8 Å². The number of hydrogen-bond donors (Lipinski definition) is 0. The summed E-state index contributed by atoms with van der Waals surface area (Å²) in [6.45, 7) is 0. The Bertz CT molecular complexity index is 857. The topological polar surface area (TPSA) is 43.1 Å². The van der Waals surface area contributed by atoms with Crippen molar-refractivity contribution >= 4 is 49.3 Å². The van der Waals surface area contributed by atoms with Gasteiger partial charge in [-0.2, -0.15) is 30.7 Å². The van der Waals surface area contributed by atoms with E-state index in [0.717, 1.165) is 18.2 Å². The Morgan fingerprint density at radius 2 is 1.68 bits per heavy atom. The van der Waals surface area contributed by atoms with Crippen molar-refractivity contribution in [3.63, 3.8) is 0 Å². The molecule has 0 radical (unpaired) electrons. The van der Waals surface area contributed by atoms with Gasteiger partial charge in [0.05, 0.1) is 14.8 Å². The lowest BCUT2D eigenvalue weighted by molar-refractivity contribution is -0.385. The zero-order valence-electron chi connectivity index (χ0n) is 13.2. The summed E-state index contributed by atoms with van der Waals surface area (Å²) in [4.78, 5) is 9.88. The highest BCUT2D eigenvalue weighted by Crippen LogP contribution is 2.56. The molecule has 154 valence electrons. The molecule has 28 heavy (non-hydrogen) atoms. The number of nitro benzene ring substituents is 1. The van der Waals surface area contributed by atoms with E-state index in [0.29, 0.717) is 0 Å². The highest BCUT2D eigenvalue weighted by atomic mass is 79.9. The van der Waals surface area contributed by atoms with Crippen LogP contribution in [0.3, 0.4) is 0 Å². The van der Waals surface area contributed by atoms with Crippen LogP contribution in [0.4, 0.5) is 36.4 Å². The van der Waals surface area contributed by atoms with Gasteiger partial charge in [0.2, 0.25) is 0 Å². The molecule has 1 aliphatic rings. The van der Waals surface area contributed by atoms with E-state index in [4.69, 9.17) is 0 Å². The maximum Gasteiger partial charge on any atom is 0.460 e. The third kappa shape index (κ3) is 4.40. The highest BCUT2D eigenvalue weighted by Gasteiger charge is 2.73. The summed E-state index contributed by atoms with van der Waals surface area (Å²) in [5, 5.41) is 5.72. The first kappa shape index (κ1) is 23.2. The zero-order chi connectivity index (χ0) is 21.5. The van der Waals surface area contributed by atoms with Crippen LogP contribution in [0.2, 0.25) is 0 Å². The predicted molar refractivity (Wildman–Crippen MR) is 97.0 cm³/mol. The molecule has 0 aromatic heterocycles. The molecular formula is C15H8Br2F7NO2S. The van der Waals surface area contributed by atoms with Gasteiger partial charge in [-0.25, -0.2) is 0 Å². The van der Waals surface area contributed by atoms with Gasteiger partial charge in [0, 0.05) is 17.4 Å². The van der Waals surface area contributed by atoms with Crippen LogP contribution in [0, 0.1) is 10.1 Å². The minimum atomic E-state index is -6.45. The van der Waals surface area contributed by atoms with E-state index in [1.165, 1.54) is 18.2 Å². The van der Waals surface area contributed by atoms with E-state index >= 15 is 0 Å². The number of thioether (sulfide) groups is 1. The second-order valence-electron chi connectivity index (χ2n) is 5.64. The molecule has 0 fully saturated rings. The average Bonchev–Trinajstić information content (AvgIpc) is 2.52. The van der Waals surface area contributed by atoms with Crippen LogP contribution in [-0.4, -0.2) is 22.3 Å². The SMILES string of the molecule is O=[N+]([O-])c1ccccc1C1(Br)C=C(SC(F)(F)C(F)(F)C(F)(F)F)C=C(Br)C1. The van der Waals surface area contributed by atoms with Crippen molar-refractivity contribution < 1.29 is 35.7 Å². The zero-order valence-corrected chi connectivity index (χ0v) is 17.2. The lowest BCUT2D eigenvalue weighted by Gasteiger charge is -2.31. The number of nitro groups is 1. The van der Waals surface area contributed by atoms with E-state index in [1.807, 2.05) is 0 Å². The molecule has 0 bridgehead atoms. The Morgan fingerprint density at radius 3 is 2.21 bits per heavy atom. The fraction of sp³-hybridized carbons (Fsp3) is 0.333. The maximum atomic E-state index is 13.8. The van der Waals surface area contributed by atoms with Gasteiger partial charge in [-0.1, -0.05) is 50.1 Å². The lowest BCUT2D eigenvalue weighted by Crippen LogP contribution is -2.50. The number of benzene rings is 1. The average molecular weight is 559 g/mol. The number of halogens is 9. The first-order valence-corrected chi connectivity index (χ1v) is 9.54. The summed E-state index contributed by atoms with van der Waals surface area (Å²) < 4.78 is 89.6. The van der Waals surface area contributed by atoms with Crippen molar-refractivity contribution in [2.24, 2.45) is 0 Å². The molecule has 0 saturated heterocycles. The van der Waals surface area contributed by atoms with E-state index in [1.54, 1.807) is 0 Å². The Labute approximate surface area is 174 Å². The van der Waals surface area contributed by atoms with Crippen LogP contribution in [0.25, 0.3) is 0 Å². The number of alkyl halides is 8. The third-order valence-electron chi connectivity index (χ3n) is 3.61. The van der Waals surface area contributed by atoms with Gasteiger partial charge in [0.15, 0.2) is 0 Å². The molecule has 1 atom stereocenters. The fourth-order valence-electron chi connectivity index (χ4n) is 2.36. The predicted octanol–water partition coefficient (Wildman–Crippen LogP) is 7.28. The molecule has 2 rings (SSSR count). The molecule has 1 aromatic carbocycles. The summed E-state index contributed by atoms with van der Waals surface area (Å²) >= 11 is 5.22. The Hall–Kier alpha value is -1.08. The molecule has 0 saturated carbocycles. The molecular weight excluding hydrogens is 551 g/mol. The molecule has 3 nitrogen and oxygen atoms in total. The normalized spacial score (nSPS) is 21.2. The van der Waals surface area contributed by atoms with Crippen LogP contribution >= 0.6 is 43.6 Å². The Morgan fingerprint density at radius 1 is 1.11 bits per heavy atom. The highest BCUT2D eigenvalue weighted by molar-refractivity contribution is 9.12. The van der Waals surface area contributed by atoms with Crippen molar-refractivity contribution in [2.45, 2.75) is 28.1 Å². The van der Waals surface area contributed by atoms with Gasteiger partial charge in [-0.3, -0.25) is 10.1 Å². The Balaban J connectivity index is 2.49. The fourth-order valence-corrected chi connectivity index (χ4v) is 5.62. The van der Waals surface area contributed by atoms with Crippen LogP contribution in [0.1, 0.15) is 12.0 Å². The van der Waals surface area contributed by atoms with Crippen molar-refractivity contribution in [3.8, 4) is 0 Å². The molecule has 1 aliphatic carbocycles. The molecule has 0 heterocycles. The van der Waals surface area contributed by atoms with Gasteiger partial charge in [-0.05, 0) is 28.4 Å².